The zero-order valence-electron chi connectivity index (χ0n) is 7.98. The summed E-state index contributed by atoms with van der Waals surface area (Å²) in [5.41, 5.74) is 1.29. The maximum Gasteiger partial charge on any atom is 0.399 e. The van der Waals surface area contributed by atoms with Gasteiger partial charge >= 0.3 is 12.7 Å². The van der Waals surface area contributed by atoms with Gasteiger partial charge in [0.25, 0.3) is 0 Å². The summed E-state index contributed by atoms with van der Waals surface area (Å²) in [6.07, 6.45) is -0.365. The fourth-order valence-corrected chi connectivity index (χ4v) is 1.34. The molecule has 1 heterocycles. The van der Waals surface area contributed by atoms with Crippen LogP contribution in [0.2, 0.25) is 0 Å². The molecule has 0 saturated carbocycles. The van der Waals surface area contributed by atoms with Gasteiger partial charge in [-0.2, -0.15) is 19.0 Å². The molecule has 0 saturated heterocycles. The molecule has 0 aliphatic rings. The normalized spacial score (nSPS) is 10.6. The lowest BCUT2D eigenvalue weighted by molar-refractivity contribution is -0.0664. The van der Waals surface area contributed by atoms with E-state index >= 15 is 0 Å². The van der Waals surface area contributed by atoms with E-state index in [4.69, 9.17) is 9.68 Å². The molecule has 82 valence electrons. The van der Waals surface area contributed by atoms with Gasteiger partial charge in [0.05, 0.1) is 12.5 Å². The number of aromatic nitrogens is 1. The first-order valence-electron chi connectivity index (χ1n) is 4.41. The number of ether oxygens (including phenoxy) is 1. The largest absolute Gasteiger partial charge is 0.408 e. The van der Waals surface area contributed by atoms with Gasteiger partial charge in [0, 0.05) is 5.56 Å². The Morgan fingerprint density at radius 2 is 2.31 bits per heavy atom. The lowest BCUT2D eigenvalue weighted by Gasteiger charge is -1.95. The second-order valence-electron chi connectivity index (χ2n) is 2.96. The van der Waals surface area contributed by atoms with Gasteiger partial charge in [0.15, 0.2) is 5.58 Å². The fourth-order valence-electron chi connectivity index (χ4n) is 1.34. The van der Waals surface area contributed by atoms with E-state index in [0.29, 0.717) is 16.7 Å². The van der Waals surface area contributed by atoms with Crippen molar-refractivity contribution >= 4 is 11.1 Å². The van der Waals surface area contributed by atoms with Crippen molar-refractivity contribution in [2.45, 2.75) is 13.0 Å². The van der Waals surface area contributed by atoms with Crippen LogP contribution in [0.15, 0.2) is 22.6 Å². The van der Waals surface area contributed by atoms with Crippen LogP contribution in [-0.4, -0.2) is 11.6 Å². The third-order valence-electron chi connectivity index (χ3n) is 1.94. The Kier molecular flexibility index (Phi) is 2.68. The summed E-state index contributed by atoms with van der Waals surface area (Å²) >= 11 is 0. The predicted octanol–water partition coefficient (Wildman–Crippen LogP) is 2.50. The monoisotopic (exact) mass is 224 g/mol. The summed E-state index contributed by atoms with van der Waals surface area (Å²) in [6.45, 7) is -2.98. The second kappa shape index (κ2) is 4.14. The van der Waals surface area contributed by atoms with Crippen molar-refractivity contribution in [3.05, 3.63) is 23.8 Å². The van der Waals surface area contributed by atoms with Crippen molar-refractivity contribution in [3.8, 4) is 12.1 Å². The lowest BCUT2D eigenvalue weighted by atomic mass is 10.1. The highest BCUT2D eigenvalue weighted by Gasteiger charge is 2.13. The first kappa shape index (κ1) is 10.4. The van der Waals surface area contributed by atoms with Crippen LogP contribution in [0.1, 0.15) is 5.56 Å². The molecule has 0 fully saturated rings. The van der Waals surface area contributed by atoms with E-state index in [-0.39, 0.29) is 6.42 Å². The summed E-state index contributed by atoms with van der Waals surface area (Å²) in [7, 11) is 0. The average Bonchev–Trinajstić information content (AvgIpc) is 2.60. The molecule has 2 rings (SSSR count). The number of hydrogen-bond acceptors (Lipinski definition) is 4. The van der Waals surface area contributed by atoms with Crippen molar-refractivity contribution in [3.63, 3.8) is 0 Å². The Morgan fingerprint density at radius 1 is 1.50 bits per heavy atom. The van der Waals surface area contributed by atoms with Gasteiger partial charge in [-0.05, 0) is 6.07 Å². The highest BCUT2D eigenvalue weighted by atomic mass is 19.3. The van der Waals surface area contributed by atoms with Gasteiger partial charge in [-0.1, -0.05) is 12.1 Å². The molecule has 1 aromatic heterocycles. The minimum absolute atomic E-state index is 0.126. The van der Waals surface area contributed by atoms with Crippen LogP contribution in [0.25, 0.3) is 11.1 Å². The average molecular weight is 224 g/mol. The Balaban J connectivity index is 2.45. The van der Waals surface area contributed by atoms with Crippen LogP contribution in [-0.2, 0) is 6.42 Å². The van der Waals surface area contributed by atoms with Gasteiger partial charge in [-0.25, -0.2) is 0 Å². The summed E-state index contributed by atoms with van der Waals surface area (Å²) in [5, 5.41) is 8.57. The molecule has 2 aromatic rings. The molecule has 0 amide bonds. The highest BCUT2D eigenvalue weighted by molar-refractivity contribution is 5.77. The summed E-state index contributed by atoms with van der Waals surface area (Å²) in [6, 6.07) is 6.88. The Morgan fingerprint density at radius 3 is 3.00 bits per heavy atom. The first-order chi connectivity index (χ1) is 7.70. The van der Waals surface area contributed by atoms with Gasteiger partial charge in [0.2, 0.25) is 0 Å². The number of para-hydroxylation sites is 1. The van der Waals surface area contributed by atoms with Crippen molar-refractivity contribution in [2.75, 3.05) is 0 Å². The van der Waals surface area contributed by atoms with E-state index in [1.807, 2.05) is 6.07 Å². The third kappa shape index (κ3) is 1.93. The fraction of sp³-hybridized carbons (Fsp3) is 0.200. The third-order valence-corrected chi connectivity index (χ3v) is 1.94. The van der Waals surface area contributed by atoms with Crippen LogP contribution in [0, 0.1) is 11.3 Å². The molecule has 0 unspecified atom stereocenters. The maximum atomic E-state index is 11.9. The topological polar surface area (TPSA) is 59.0 Å². The van der Waals surface area contributed by atoms with Crippen molar-refractivity contribution in [1.82, 2.24) is 4.98 Å². The minimum Gasteiger partial charge on any atom is -0.408 e. The van der Waals surface area contributed by atoms with Crippen molar-refractivity contribution < 1.29 is 17.9 Å². The van der Waals surface area contributed by atoms with Gasteiger partial charge in [-0.15, -0.1) is 0 Å². The van der Waals surface area contributed by atoms with Crippen molar-refractivity contribution in [1.29, 1.82) is 5.26 Å². The van der Waals surface area contributed by atoms with Crippen LogP contribution in [0.3, 0.4) is 0 Å². The number of benzene rings is 1. The molecule has 16 heavy (non-hydrogen) atoms. The van der Waals surface area contributed by atoms with E-state index in [0.717, 1.165) is 0 Å². The molecule has 4 nitrogen and oxygen atoms in total. The van der Waals surface area contributed by atoms with Crippen LogP contribution in [0.4, 0.5) is 8.78 Å². The highest BCUT2D eigenvalue weighted by Crippen LogP contribution is 2.25. The molecule has 1 aromatic carbocycles. The second-order valence-corrected chi connectivity index (χ2v) is 2.96. The Bertz CT molecular complexity index is 545. The molecule has 0 aliphatic heterocycles. The zero-order chi connectivity index (χ0) is 11.5. The smallest absolute Gasteiger partial charge is 0.399 e. The van der Waals surface area contributed by atoms with E-state index < -0.39 is 12.7 Å². The zero-order valence-corrected chi connectivity index (χ0v) is 7.98. The molecule has 0 spiro atoms. The number of nitrogens with zero attached hydrogens (tertiary/aromatic N) is 2. The molecule has 6 heteroatoms. The number of alkyl halides is 2. The Hall–Kier alpha value is -2.16. The number of nitriles is 1. The molecule has 0 bridgehead atoms. The van der Waals surface area contributed by atoms with Gasteiger partial charge in [-0.3, -0.25) is 0 Å². The van der Waals surface area contributed by atoms with Gasteiger partial charge < -0.3 is 9.15 Å². The molecule has 0 N–H and O–H groups in total. The lowest BCUT2D eigenvalue weighted by Crippen LogP contribution is -2.01. The number of oxazole rings is 1. The molecule has 0 radical (unpaired) electrons. The van der Waals surface area contributed by atoms with E-state index in [9.17, 15) is 8.78 Å². The van der Waals surface area contributed by atoms with Crippen molar-refractivity contribution in [2.24, 2.45) is 0 Å². The number of halogens is 2. The first-order valence-corrected chi connectivity index (χ1v) is 4.41. The van der Waals surface area contributed by atoms with Crippen LogP contribution < -0.4 is 4.74 Å². The van der Waals surface area contributed by atoms with E-state index in [1.165, 1.54) is 0 Å². The maximum absolute atomic E-state index is 11.9. The quantitative estimate of drug-likeness (QED) is 0.803. The molecular weight excluding hydrogens is 218 g/mol. The Labute approximate surface area is 89.1 Å². The summed E-state index contributed by atoms with van der Waals surface area (Å²) in [5.74, 6) is 0. The van der Waals surface area contributed by atoms with Gasteiger partial charge in [0.1, 0.15) is 5.52 Å². The SMILES string of the molecule is N#CCc1cccc2nc(OC(F)F)oc12. The molecule has 0 aliphatic carbocycles. The van der Waals surface area contributed by atoms with Crippen LogP contribution in [0.5, 0.6) is 6.08 Å². The number of rotatable bonds is 3. The van der Waals surface area contributed by atoms with E-state index in [1.54, 1.807) is 18.2 Å². The standard InChI is InChI=1S/C10H6F2N2O2/c11-9(12)16-10-14-7-3-1-2-6(4-5-13)8(7)15-10/h1-3,9H,4H2. The van der Waals surface area contributed by atoms with E-state index in [2.05, 4.69) is 9.72 Å². The minimum atomic E-state index is -2.98. The predicted molar refractivity (Wildman–Crippen MR) is 50.0 cm³/mol. The number of fused-ring (bicyclic) bond motifs is 1. The van der Waals surface area contributed by atoms with Crippen LogP contribution >= 0.6 is 0 Å². The number of hydrogen-bond donors (Lipinski definition) is 0. The summed E-state index contributed by atoms with van der Waals surface area (Å²) in [4.78, 5) is 3.72. The molecule has 0 atom stereocenters. The molecular formula is C10H6F2N2O2. The summed E-state index contributed by atoms with van der Waals surface area (Å²) < 4.78 is 32.9.